The molecule has 0 aliphatic rings. The van der Waals surface area contributed by atoms with Crippen molar-refractivity contribution < 1.29 is 4.74 Å². The van der Waals surface area contributed by atoms with E-state index in [1.54, 1.807) is 0 Å². The molecule has 0 saturated heterocycles. The fourth-order valence-corrected chi connectivity index (χ4v) is 1.88. The highest BCUT2D eigenvalue weighted by atomic mass is 28.1. The Labute approximate surface area is 102 Å². The first-order valence-corrected chi connectivity index (χ1v) is 7.40. The molecule has 1 nitrogen and oxygen atoms in total. The minimum Gasteiger partial charge on any atom is -0.381 e. The van der Waals surface area contributed by atoms with E-state index in [0.29, 0.717) is 5.92 Å². The van der Waals surface area contributed by atoms with Gasteiger partial charge in [0.2, 0.25) is 0 Å². The molecule has 0 saturated carbocycles. The summed E-state index contributed by atoms with van der Waals surface area (Å²) in [6, 6.07) is 8.68. The summed E-state index contributed by atoms with van der Waals surface area (Å²) in [7, 11) is 1.11. The van der Waals surface area contributed by atoms with Crippen LogP contribution in [-0.4, -0.2) is 16.5 Å². The van der Waals surface area contributed by atoms with E-state index in [1.165, 1.54) is 16.7 Å². The third kappa shape index (κ3) is 4.33. The molecule has 0 fully saturated rings. The van der Waals surface area contributed by atoms with Gasteiger partial charge in [-0.15, -0.1) is 0 Å². The van der Waals surface area contributed by atoms with Crippen LogP contribution in [0.4, 0.5) is 0 Å². The van der Waals surface area contributed by atoms with Crippen LogP contribution < -0.4 is 0 Å². The lowest BCUT2D eigenvalue weighted by Gasteiger charge is -2.06. The predicted molar refractivity (Wildman–Crippen MR) is 74.5 cm³/mol. The van der Waals surface area contributed by atoms with E-state index in [9.17, 15) is 0 Å². The maximum Gasteiger partial charge on any atom is 0.0712 e. The van der Waals surface area contributed by atoms with Gasteiger partial charge in [-0.3, -0.25) is 0 Å². The van der Waals surface area contributed by atoms with Gasteiger partial charge >= 0.3 is 0 Å². The van der Waals surface area contributed by atoms with E-state index >= 15 is 0 Å². The first-order chi connectivity index (χ1) is 7.63. The fraction of sp³-hybridized carbons (Fsp3) is 0.429. The zero-order chi connectivity index (χ0) is 12.0. The third-order valence-corrected chi connectivity index (χ3v) is 2.87. The van der Waals surface area contributed by atoms with Gasteiger partial charge in [-0.1, -0.05) is 44.2 Å². The summed E-state index contributed by atoms with van der Waals surface area (Å²) in [6.45, 7) is 7.33. The Morgan fingerprint density at radius 3 is 2.44 bits per heavy atom. The smallest absolute Gasteiger partial charge is 0.0712 e. The molecule has 0 unspecified atom stereocenters. The lowest BCUT2D eigenvalue weighted by Crippen LogP contribution is -1.94. The van der Waals surface area contributed by atoms with Crippen molar-refractivity contribution >= 4 is 15.8 Å². The third-order valence-electron chi connectivity index (χ3n) is 2.47. The van der Waals surface area contributed by atoms with E-state index in [2.05, 4.69) is 51.1 Å². The van der Waals surface area contributed by atoms with Gasteiger partial charge in [0.05, 0.1) is 6.61 Å². The average molecular weight is 234 g/mol. The van der Waals surface area contributed by atoms with E-state index in [-0.39, 0.29) is 0 Å². The highest BCUT2D eigenvalue weighted by Gasteiger charge is 1.98. The van der Waals surface area contributed by atoms with Crippen molar-refractivity contribution in [3.05, 3.63) is 41.5 Å². The van der Waals surface area contributed by atoms with Crippen LogP contribution in [-0.2, 0) is 11.3 Å². The van der Waals surface area contributed by atoms with Crippen LogP contribution in [0.3, 0.4) is 0 Å². The summed E-state index contributed by atoms with van der Waals surface area (Å²) in [5, 5.41) is 0. The van der Waals surface area contributed by atoms with Crippen LogP contribution in [0.1, 0.15) is 31.9 Å². The van der Waals surface area contributed by atoms with Crippen LogP contribution in [0, 0.1) is 5.92 Å². The van der Waals surface area contributed by atoms with Gasteiger partial charge in [0.1, 0.15) is 0 Å². The van der Waals surface area contributed by atoms with Gasteiger partial charge in [-0.2, -0.15) is 0 Å². The standard InChI is InChI=1S/C14H22OSi/c1-11(2)8-12(3)14-6-4-13(5-7-14)9-15-10-16/h4-8,11H,9-10H2,1-3,16H3/b12-8+. The Balaban J connectivity index is 2.71. The van der Waals surface area contributed by atoms with Crippen LogP contribution in [0.15, 0.2) is 30.3 Å². The molecule has 0 N–H and O–H groups in total. The molecule has 0 atom stereocenters. The van der Waals surface area contributed by atoms with Gasteiger partial charge < -0.3 is 4.74 Å². The van der Waals surface area contributed by atoms with Gasteiger partial charge in [0, 0.05) is 16.5 Å². The first-order valence-electron chi connectivity index (χ1n) is 5.99. The fourth-order valence-electron chi connectivity index (χ4n) is 1.68. The highest BCUT2D eigenvalue weighted by molar-refractivity contribution is 6.08. The predicted octanol–water partition coefficient (Wildman–Crippen LogP) is 2.59. The monoisotopic (exact) mass is 234 g/mol. The van der Waals surface area contributed by atoms with Crippen molar-refractivity contribution in [2.75, 3.05) is 6.23 Å². The average Bonchev–Trinajstić information content (AvgIpc) is 2.26. The molecular formula is C14H22OSi. The lowest BCUT2D eigenvalue weighted by molar-refractivity contribution is 0.165. The number of hydrogen-bond donors (Lipinski definition) is 0. The second-order valence-corrected chi connectivity index (χ2v) is 5.01. The molecule has 0 amide bonds. The summed E-state index contributed by atoms with van der Waals surface area (Å²) in [4.78, 5) is 0. The summed E-state index contributed by atoms with van der Waals surface area (Å²) in [5.41, 5.74) is 3.92. The second kappa shape index (κ2) is 6.66. The van der Waals surface area contributed by atoms with E-state index in [0.717, 1.165) is 23.1 Å². The molecule has 0 bridgehead atoms. The van der Waals surface area contributed by atoms with Gasteiger partial charge in [0.15, 0.2) is 0 Å². The Morgan fingerprint density at radius 1 is 1.31 bits per heavy atom. The molecule has 0 aliphatic heterocycles. The maximum absolute atomic E-state index is 5.43. The van der Waals surface area contributed by atoms with E-state index < -0.39 is 0 Å². The molecule has 1 rings (SSSR count). The van der Waals surface area contributed by atoms with E-state index in [4.69, 9.17) is 4.74 Å². The molecule has 0 aliphatic carbocycles. The summed E-state index contributed by atoms with van der Waals surface area (Å²) in [6.07, 6.45) is 3.21. The summed E-state index contributed by atoms with van der Waals surface area (Å²) >= 11 is 0. The Bertz CT molecular complexity index is 338. The number of rotatable bonds is 5. The zero-order valence-corrected chi connectivity index (χ0v) is 12.8. The highest BCUT2D eigenvalue weighted by Crippen LogP contribution is 2.17. The van der Waals surface area contributed by atoms with Crippen LogP contribution in [0.5, 0.6) is 0 Å². The summed E-state index contributed by atoms with van der Waals surface area (Å²) < 4.78 is 5.43. The van der Waals surface area contributed by atoms with Crippen molar-refractivity contribution in [3.63, 3.8) is 0 Å². The van der Waals surface area contributed by atoms with Crippen molar-refractivity contribution in [3.8, 4) is 0 Å². The normalized spacial score (nSPS) is 12.4. The Hall–Kier alpha value is -0.863. The molecule has 0 heterocycles. The Morgan fingerprint density at radius 2 is 1.94 bits per heavy atom. The van der Waals surface area contributed by atoms with Crippen LogP contribution in [0.25, 0.3) is 5.57 Å². The van der Waals surface area contributed by atoms with Crippen molar-refractivity contribution in [2.24, 2.45) is 5.92 Å². The minimum atomic E-state index is 0.605. The second-order valence-electron chi connectivity index (χ2n) is 4.43. The van der Waals surface area contributed by atoms with Crippen LogP contribution in [0.2, 0.25) is 0 Å². The topological polar surface area (TPSA) is 9.23 Å². The first kappa shape index (κ1) is 13.2. The van der Waals surface area contributed by atoms with Crippen molar-refractivity contribution in [1.29, 1.82) is 0 Å². The number of hydrogen-bond acceptors (Lipinski definition) is 1. The number of ether oxygens (including phenoxy) is 1. The minimum absolute atomic E-state index is 0.605. The largest absolute Gasteiger partial charge is 0.381 e. The molecule has 16 heavy (non-hydrogen) atoms. The summed E-state index contributed by atoms with van der Waals surface area (Å²) in [5.74, 6) is 0.605. The van der Waals surface area contributed by atoms with Crippen molar-refractivity contribution in [2.45, 2.75) is 27.4 Å². The molecule has 1 aromatic carbocycles. The van der Waals surface area contributed by atoms with Crippen molar-refractivity contribution in [1.82, 2.24) is 0 Å². The molecule has 0 radical (unpaired) electrons. The van der Waals surface area contributed by atoms with E-state index in [1.807, 2.05) is 0 Å². The number of benzene rings is 1. The quantitative estimate of drug-likeness (QED) is 0.712. The molecule has 0 aromatic heterocycles. The van der Waals surface area contributed by atoms with Crippen LogP contribution >= 0.6 is 0 Å². The SMILES string of the molecule is C/C(=C\C(C)C)c1ccc(COC[SiH3])cc1. The molecule has 1 aromatic rings. The lowest BCUT2D eigenvalue weighted by atomic mass is 10.0. The molecule has 2 heteroatoms. The zero-order valence-electron chi connectivity index (χ0n) is 10.8. The molecule has 88 valence electrons. The van der Waals surface area contributed by atoms with Gasteiger partial charge in [0.25, 0.3) is 0 Å². The molecule has 0 spiro atoms. The van der Waals surface area contributed by atoms with Gasteiger partial charge in [-0.05, 0) is 29.5 Å². The maximum atomic E-state index is 5.43. The number of allylic oxidation sites excluding steroid dienone is 2. The van der Waals surface area contributed by atoms with Gasteiger partial charge in [-0.25, -0.2) is 0 Å². The Kier molecular flexibility index (Phi) is 5.50. The molecular weight excluding hydrogens is 212 g/mol.